The predicted octanol–water partition coefficient (Wildman–Crippen LogP) is 1.18. The van der Waals surface area contributed by atoms with E-state index in [1.807, 2.05) is 0 Å². The lowest BCUT2D eigenvalue weighted by Gasteiger charge is -2.23. The van der Waals surface area contributed by atoms with Crippen LogP contribution in [0.4, 0.5) is 5.69 Å². The molecule has 6 nitrogen and oxygen atoms in total. The maximum absolute atomic E-state index is 12.1. The number of carbonyl (C=O) groups excluding carboxylic acids is 2. The van der Waals surface area contributed by atoms with E-state index in [1.54, 1.807) is 19.1 Å². The number of amides is 1. The van der Waals surface area contributed by atoms with Gasteiger partial charge in [-0.1, -0.05) is 0 Å². The second-order valence-corrected chi connectivity index (χ2v) is 6.65. The Bertz CT molecular complexity index is 608. The summed E-state index contributed by atoms with van der Waals surface area (Å²) in [5, 5.41) is 2.57. The summed E-state index contributed by atoms with van der Waals surface area (Å²) in [6.45, 7) is 4.87. The third kappa shape index (κ3) is 4.56. The highest BCUT2D eigenvalue weighted by molar-refractivity contribution is 7.92. The van der Waals surface area contributed by atoms with E-state index in [-0.39, 0.29) is 24.0 Å². The van der Waals surface area contributed by atoms with E-state index in [9.17, 15) is 18.0 Å². The van der Waals surface area contributed by atoms with Crippen LogP contribution >= 0.6 is 0 Å². The van der Waals surface area contributed by atoms with Gasteiger partial charge in [-0.3, -0.25) is 13.9 Å². The summed E-state index contributed by atoms with van der Waals surface area (Å²) in [6, 6.07) is 6.16. The van der Waals surface area contributed by atoms with Crippen molar-refractivity contribution in [2.45, 2.75) is 20.8 Å². The number of ketones is 1. The van der Waals surface area contributed by atoms with E-state index in [0.29, 0.717) is 17.8 Å². The average molecular weight is 312 g/mol. The maximum Gasteiger partial charge on any atom is 0.240 e. The van der Waals surface area contributed by atoms with Crippen molar-refractivity contribution in [1.82, 2.24) is 5.32 Å². The Morgan fingerprint density at radius 1 is 1.14 bits per heavy atom. The van der Waals surface area contributed by atoms with Gasteiger partial charge in [0.2, 0.25) is 15.9 Å². The predicted molar refractivity (Wildman–Crippen MR) is 81.9 cm³/mol. The van der Waals surface area contributed by atoms with Crippen LogP contribution in [-0.4, -0.2) is 39.0 Å². The van der Waals surface area contributed by atoms with Crippen molar-refractivity contribution in [2.24, 2.45) is 0 Å². The minimum atomic E-state index is -3.57. The fraction of sp³-hybridized carbons (Fsp3) is 0.429. The lowest BCUT2D eigenvalue weighted by atomic mass is 10.1. The molecular formula is C14H20N2O4S. The van der Waals surface area contributed by atoms with Crippen molar-refractivity contribution in [3.8, 4) is 0 Å². The van der Waals surface area contributed by atoms with Crippen LogP contribution in [0.1, 0.15) is 31.1 Å². The zero-order valence-corrected chi connectivity index (χ0v) is 13.2. The quantitative estimate of drug-likeness (QED) is 0.766. The van der Waals surface area contributed by atoms with Crippen LogP contribution in [0.15, 0.2) is 24.3 Å². The smallest absolute Gasteiger partial charge is 0.240 e. The van der Waals surface area contributed by atoms with Crippen LogP contribution in [0.25, 0.3) is 0 Å². The van der Waals surface area contributed by atoms with Gasteiger partial charge in [0, 0.05) is 12.1 Å². The zero-order valence-electron chi connectivity index (χ0n) is 12.4. The molecular weight excluding hydrogens is 292 g/mol. The molecule has 0 heterocycles. The Morgan fingerprint density at radius 3 is 2.14 bits per heavy atom. The summed E-state index contributed by atoms with van der Waals surface area (Å²) in [5.74, 6) is -0.582. The largest absolute Gasteiger partial charge is 0.355 e. The molecule has 1 aromatic rings. The topological polar surface area (TPSA) is 83.6 Å². The number of carbonyl (C=O) groups is 2. The van der Waals surface area contributed by atoms with Crippen LogP contribution < -0.4 is 9.62 Å². The third-order valence-electron chi connectivity index (χ3n) is 2.92. The number of nitrogens with zero attached hydrogens (tertiary/aromatic N) is 1. The summed E-state index contributed by atoms with van der Waals surface area (Å²) in [4.78, 5) is 22.9. The molecule has 0 atom stereocenters. The lowest BCUT2D eigenvalue weighted by Crippen LogP contribution is -2.41. The molecule has 0 aromatic heterocycles. The number of benzene rings is 1. The summed E-state index contributed by atoms with van der Waals surface area (Å²) in [7, 11) is -3.57. The first-order chi connectivity index (χ1) is 9.81. The van der Waals surface area contributed by atoms with Gasteiger partial charge >= 0.3 is 0 Å². The summed E-state index contributed by atoms with van der Waals surface area (Å²) < 4.78 is 25.3. The van der Waals surface area contributed by atoms with Crippen molar-refractivity contribution < 1.29 is 18.0 Å². The number of likely N-dealkylation sites (N-methyl/N-ethyl adjacent to an activating group) is 1. The number of hydrogen-bond donors (Lipinski definition) is 1. The highest BCUT2D eigenvalue weighted by Crippen LogP contribution is 2.19. The molecule has 0 saturated heterocycles. The number of sulfonamides is 1. The van der Waals surface area contributed by atoms with Gasteiger partial charge in [-0.15, -0.1) is 0 Å². The molecule has 116 valence electrons. The molecule has 1 rings (SSSR count). The Balaban J connectivity index is 3.12. The summed E-state index contributed by atoms with van der Waals surface area (Å²) in [5.41, 5.74) is 0.860. The van der Waals surface area contributed by atoms with Crippen molar-refractivity contribution in [1.29, 1.82) is 0 Å². The fourth-order valence-corrected chi connectivity index (χ4v) is 2.82. The molecule has 0 radical (unpaired) electrons. The molecule has 0 saturated carbocycles. The number of rotatable bonds is 7. The van der Waals surface area contributed by atoms with Crippen LogP contribution in [0.3, 0.4) is 0 Å². The second-order valence-electron chi connectivity index (χ2n) is 4.46. The lowest BCUT2D eigenvalue weighted by molar-refractivity contribution is -0.119. The minimum absolute atomic E-state index is 0.102. The molecule has 7 heteroatoms. The fourth-order valence-electron chi connectivity index (χ4n) is 1.75. The summed E-state index contributed by atoms with van der Waals surface area (Å²) in [6.07, 6.45) is 0. The van der Waals surface area contributed by atoms with E-state index >= 15 is 0 Å². The summed E-state index contributed by atoms with van der Waals surface area (Å²) >= 11 is 0. The van der Waals surface area contributed by atoms with Gasteiger partial charge < -0.3 is 5.32 Å². The van der Waals surface area contributed by atoms with Gasteiger partial charge in [-0.2, -0.15) is 0 Å². The molecule has 0 unspecified atom stereocenters. The van der Waals surface area contributed by atoms with Gasteiger partial charge in [-0.05, 0) is 45.0 Å². The van der Waals surface area contributed by atoms with E-state index in [4.69, 9.17) is 0 Å². The highest BCUT2D eigenvalue weighted by atomic mass is 32.2. The molecule has 21 heavy (non-hydrogen) atoms. The minimum Gasteiger partial charge on any atom is -0.355 e. The van der Waals surface area contributed by atoms with Crippen molar-refractivity contribution >= 4 is 27.4 Å². The molecule has 0 aliphatic rings. The molecule has 0 bridgehead atoms. The molecule has 0 aliphatic carbocycles. The molecule has 0 fully saturated rings. The van der Waals surface area contributed by atoms with Crippen molar-refractivity contribution in [3.63, 3.8) is 0 Å². The maximum atomic E-state index is 12.1. The molecule has 1 aromatic carbocycles. The number of hydrogen-bond acceptors (Lipinski definition) is 4. The number of nitrogens with one attached hydrogen (secondary N) is 1. The standard InChI is InChI=1S/C14H20N2O4S/c1-4-15-14(18)10-16(21(19,20)5-2)13-8-6-12(7-9-13)11(3)17/h6-9H,4-5,10H2,1-3H3,(H,15,18). The van der Waals surface area contributed by atoms with Crippen LogP contribution in [0.2, 0.25) is 0 Å². The first kappa shape index (κ1) is 17.2. The van der Waals surface area contributed by atoms with Gasteiger partial charge in [0.1, 0.15) is 6.54 Å². The molecule has 1 amide bonds. The zero-order chi connectivity index (χ0) is 16.0. The second kappa shape index (κ2) is 7.21. The molecule has 1 N–H and O–H groups in total. The van der Waals surface area contributed by atoms with Crippen LogP contribution in [0, 0.1) is 0 Å². The van der Waals surface area contributed by atoms with Gasteiger partial charge in [0.05, 0.1) is 11.4 Å². The average Bonchev–Trinajstić information content (AvgIpc) is 2.45. The van der Waals surface area contributed by atoms with E-state index < -0.39 is 10.0 Å². The van der Waals surface area contributed by atoms with Gasteiger partial charge in [0.25, 0.3) is 0 Å². The number of Topliss-reactive ketones (excluding diaryl/α,β-unsaturated/α-hetero) is 1. The van der Waals surface area contributed by atoms with E-state index in [0.717, 1.165) is 4.31 Å². The number of anilines is 1. The Hall–Kier alpha value is -1.89. The molecule has 0 spiro atoms. The van der Waals surface area contributed by atoms with E-state index in [2.05, 4.69) is 5.32 Å². The highest BCUT2D eigenvalue weighted by Gasteiger charge is 2.23. The molecule has 0 aliphatic heterocycles. The van der Waals surface area contributed by atoms with Gasteiger partial charge in [-0.25, -0.2) is 8.42 Å². The normalized spacial score (nSPS) is 11.0. The van der Waals surface area contributed by atoms with Crippen LogP contribution in [0.5, 0.6) is 0 Å². The Kier molecular flexibility index (Phi) is 5.90. The van der Waals surface area contributed by atoms with Gasteiger partial charge in [0.15, 0.2) is 5.78 Å². The van der Waals surface area contributed by atoms with E-state index in [1.165, 1.54) is 26.0 Å². The first-order valence-electron chi connectivity index (χ1n) is 6.70. The monoisotopic (exact) mass is 312 g/mol. The van der Waals surface area contributed by atoms with Crippen molar-refractivity contribution in [3.05, 3.63) is 29.8 Å². The third-order valence-corrected chi connectivity index (χ3v) is 4.66. The Morgan fingerprint density at radius 2 is 1.71 bits per heavy atom. The SMILES string of the molecule is CCNC(=O)CN(c1ccc(C(C)=O)cc1)S(=O)(=O)CC. The van der Waals surface area contributed by atoms with Crippen LogP contribution in [-0.2, 0) is 14.8 Å². The first-order valence-corrected chi connectivity index (χ1v) is 8.30. The Labute approximate surface area is 125 Å². The van der Waals surface area contributed by atoms with Crippen molar-refractivity contribution in [2.75, 3.05) is 23.1 Å².